The summed E-state index contributed by atoms with van der Waals surface area (Å²) in [6.07, 6.45) is 1.11. The average molecular weight is 740 g/mol. The summed E-state index contributed by atoms with van der Waals surface area (Å²) in [6.45, 7) is 1.95. The van der Waals surface area contributed by atoms with Crippen LogP contribution in [0.5, 0.6) is 0 Å². The van der Waals surface area contributed by atoms with Crippen LogP contribution in [0, 0.1) is 12.7 Å². The van der Waals surface area contributed by atoms with Crippen LogP contribution in [0.3, 0.4) is 0 Å². The SMILES string of the molecule is Cc1ccc(COCC(Cl)Cl)c(N2C(=O)CSC2=NC(=O)Nc2ccc(-c3ncn(-c4ccc(S(F)(F)(F)(F)F)cc4)n3)cc2F)c1. The number of amides is 3. The van der Waals surface area contributed by atoms with Gasteiger partial charge in [-0.3, -0.25) is 9.69 Å². The molecular weight excluding hydrogens is 717 g/mol. The number of amidine groups is 1. The van der Waals surface area contributed by atoms with Crippen LogP contribution < -0.4 is 10.2 Å². The van der Waals surface area contributed by atoms with Crippen LogP contribution in [-0.2, 0) is 16.1 Å². The first-order valence-electron chi connectivity index (χ1n) is 13.2. The summed E-state index contributed by atoms with van der Waals surface area (Å²) >= 11 is 12.5. The molecule has 5 rings (SSSR count). The van der Waals surface area contributed by atoms with Gasteiger partial charge in [-0.1, -0.05) is 43.3 Å². The summed E-state index contributed by atoms with van der Waals surface area (Å²) < 4.78 is 86.7. The molecule has 1 N–H and O–H groups in total. The Kier molecular flexibility index (Phi) is 9.08. The number of aryl methyl sites for hydroxylation is 1. The zero-order valence-electron chi connectivity index (χ0n) is 23.9. The number of hydrogen-bond donors (Lipinski definition) is 1. The number of hydrogen-bond acceptors (Lipinski definition) is 6. The van der Waals surface area contributed by atoms with Crippen molar-refractivity contribution in [1.29, 1.82) is 0 Å². The highest BCUT2D eigenvalue weighted by atomic mass is 35.5. The van der Waals surface area contributed by atoms with Crippen molar-refractivity contribution < 1.29 is 38.1 Å². The van der Waals surface area contributed by atoms with Gasteiger partial charge in [0.1, 0.15) is 21.9 Å². The van der Waals surface area contributed by atoms with Crippen molar-refractivity contribution in [3.05, 3.63) is 83.9 Å². The largest absolute Gasteiger partial charge is 0.374 e. The molecule has 0 spiro atoms. The molecule has 1 aliphatic rings. The highest BCUT2D eigenvalue weighted by Crippen LogP contribution is 3.02. The van der Waals surface area contributed by atoms with Gasteiger partial charge in [0.25, 0.3) is 0 Å². The maximum atomic E-state index is 15.0. The standard InChI is InChI=1S/C28H22Cl2F6N6O3S2/c1-16-2-3-18(12-45-13-24(29)30)23(10-16)42-25(43)14-46-28(42)39-27(44)38-22-9-4-17(11-21(22)31)26-37-15-41(40-26)19-5-7-20(8-6-19)47(32,33,34,35)36/h2-11,15,24H,12-14H2,1H3,(H,38,44). The number of aromatic nitrogens is 3. The molecule has 0 bridgehead atoms. The lowest BCUT2D eigenvalue weighted by Gasteiger charge is -2.40. The second-order valence-corrected chi connectivity index (χ2v) is 14.7. The molecule has 0 unspecified atom stereocenters. The minimum Gasteiger partial charge on any atom is -0.374 e. The van der Waals surface area contributed by atoms with Crippen molar-refractivity contribution in [2.45, 2.75) is 23.3 Å². The Morgan fingerprint density at radius 1 is 1.09 bits per heavy atom. The number of urea groups is 1. The maximum Gasteiger partial charge on any atom is 0.347 e. The Balaban J connectivity index is 1.31. The van der Waals surface area contributed by atoms with E-state index in [2.05, 4.69) is 20.4 Å². The van der Waals surface area contributed by atoms with E-state index in [1.807, 2.05) is 13.0 Å². The van der Waals surface area contributed by atoms with Crippen LogP contribution in [0.4, 0.5) is 40.0 Å². The molecular formula is C28H22Cl2F6N6O3S2. The maximum absolute atomic E-state index is 15.0. The van der Waals surface area contributed by atoms with Crippen molar-refractivity contribution in [2.24, 2.45) is 4.99 Å². The number of alkyl halides is 2. The van der Waals surface area contributed by atoms with E-state index in [0.29, 0.717) is 11.3 Å². The van der Waals surface area contributed by atoms with Gasteiger partial charge in [-0.25, -0.2) is 18.9 Å². The highest BCUT2D eigenvalue weighted by molar-refractivity contribution is 8.45. The zero-order chi connectivity index (χ0) is 34.2. The monoisotopic (exact) mass is 738 g/mol. The third-order valence-corrected chi connectivity index (χ3v) is 8.79. The lowest BCUT2D eigenvalue weighted by atomic mass is 10.1. The van der Waals surface area contributed by atoms with Gasteiger partial charge in [0.05, 0.1) is 36.0 Å². The van der Waals surface area contributed by atoms with E-state index in [4.69, 9.17) is 27.9 Å². The zero-order valence-corrected chi connectivity index (χ0v) is 27.0. The Morgan fingerprint density at radius 2 is 1.81 bits per heavy atom. The third kappa shape index (κ3) is 8.39. The molecule has 0 radical (unpaired) electrons. The van der Waals surface area contributed by atoms with E-state index in [1.54, 1.807) is 12.1 Å². The molecule has 1 saturated heterocycles. The minimum atomic E-state index is -9.84. The average Bonchev–Trinajstić information content (AvgIpc) is 3.61. The van der Waals surface area contributed by atoms with E-state index in [1.165, 1.54) is 17.0 Å². The Morgan fingerprint density at radius 3 is 2.47 bits per heavy atom. The summed E-state index contributed by atoms with van der Waals surface area (Å²) in [5.41, 5.74) is 1.78. The normalized spacial score (nSPS) is 16.1. The van der Waals surface area contributed by atoms with Crippen LogP contribution in [0.25, 0.3) is 17.1 Å². The number of rotatable bonds is 9. The number of nitrogens with zero attached hydrogens (tertiary/aromatic N) is 5. The predicted octanol–water partition coefficient (Wildman–Crippen LogP) is 9.03. The van der Waals surface area contributed by atoms with Crippen molar-refractivity contribution in [2.75, 3.05) is 22.6 Å². The van der Waals surface area contributed by atoms with Crippen LogP contribution in [0.15, 0.2) is 76.9 Å². The number of nitrogens with one attached hydrogen (secondary N) is 1. The van der Waals surface area contributed by atoms with Crippen molar-refractivity contribution in [3.63, 3.8) is 0 Å². The number of anilines is 2. The molecule has 0 saturated carbocycles. The molecule has 9 nitrogen and oxygen atoms in total. The summed E-state index contributed by atoms with van der Waals surface area (Å²) in [4.78, 5) is 32.1. The fourth-order valence-electron chi connectivity index (χ4n) is 4.31. The Labute approximate surface area is 277 Å². The topological polar surface area (TPSA) is 102 Å². The Bertz CT molecular complexity index is 1890. The fraction of sp³-hybridized carbons (Fsp3) is 0.179. The lowest BCUT2D eigenvalue weighted by Crippen LogP contribution is -2.31. The van der Waals surface area contributed by atoms with Crippen LogP contribution in [-0.4, -0.2) is 49.1 Å². The van der Waals surface area contributed by atoms with Gasteiger partial charge in [0.15, 0.2) is 11.0 Å². The number of carbonyl (C=O) groups is 2. The third-order valence-electron chi connectivity index (χ3n) is 6.45. The van der Waals surface area contributed by atoms with Crippen LogP contribution in [0.1, 0.15) is 11.1 Å². The number of benzene rings is 3. The van der Waals surface area contributed by atoms with Gasteiger partial charge in [0, 0.05) is 11.1 Å². The molecule has 0 aliphatic carbocycles. The molecule has 3 aromatic carbocycles. The Hall–Kier alpha value is -3.77. The second kappa shape index (κ2) is 12.4. The van der Waals surface area contributed by atoms with Gasteiger partial charge in [-0.05, 0) is 61.0 Å². The van der Waals surface area contributed by atoms with E-state index in [9.17, 15) is 29.0 Å². The van der Waals surface area contributed by atoms with Gasteiger partial charge < -0.3 is 10.1 Å². The molecule has 4 aromatic rings. The highest BCUT2D eigenvalue weighted by Gasteiger charge is 2.65. The number of halogens is 8. The lowest BCUT2D eigenvalue weighted by molar-refractivity contribution is -0.115. The summed E-state index contributed by atoms with van der Waals surface area (Å²) in [5.74, 6) is -1.26. The van der Waals surface area contributed by atoms with Gasteiger partial charge in [0.2, 0.25) is 5.91 Å². The van der Waals surface area contributed by atoms with Crippen LogP contribution >= 0.6 is 45.2 Å². The molecule has 47 heavy (non-hydrogen) atoms. The molecule has 1 aromatic heterocycles. The summed E-state index contributed by atoms with van der Waals surface area (Å²) in [5, 5.41) is 6.46. The van der Waals surface area contributed by atoms with E-state index in [0.717, 1.165) is 46.5 Å². The number of thioether (sulfide) groups is 1. The molecule has 19 heteroatoms. The number of aliphatic imine (C=N–C) groups is 1. The molecule has 250 valence electrons. The molecule has 1 aliphatic heterocycles. The van der Waals surface area contributed by atoms with Gasteiger partial charge in [-0.2, -0.15) is 4.99 Å². The van der Waals surface area contributed by atoms with E-state index in [-0.39, 0.29) is 64.9 Å². The fourth-order valence-corrected chi connectivity index (χ4v) is 5.99. The first-order chi connectivity index (χ1) is 21.9. The van der Waals surface area contributed by atoms with Gasteiger partial charge in [-0.15, -0.1) is 28.3 Å². The quantitative estimate of drug-likeness (QED) is 0.136. The number of ether oxygens (including phenoxy) is 1. The first-order valence-corrected chi connectivity index (χ1v) is 17.1. The van der Waals surface area contributed by atoms with E-state index >= 15 is 4.39 Å². The van der Waals surface area contributed by atoms with Crippen molar-refractivity contribution in [3.8, 4) is 17.1 Å². The molecule has 0 atom stereocenters. The number of carbonyl (C=O) groups excluding carboxylic acids is 2. The van der Waals surface area contributed by atoms with Gasteiger partial charge >= 0.3 is 16.3 Å². The minimum absolute atomic E-state index is 0.000377. The summed E-state index contributed by atoms with van der Waals surface area (Å²) in [7, 11) is -9.84. The predicted molar refractivity (Wildman–Crippen MR) is 171 cm³/mol. The molecule has 3 amide bonds. The van der Waals surface area contributed by atoms with Crippen molar-refractivity contribution in [1.82, 2.24) is 14.8 Å². The summed E-state index contributed by atoms with van der Waals surface area (Å²) in [6, 6.07) is 10.0. The van der Waals surface area contributed by atoms with E-state index < -0.39 is 31.8 Å². The molecule has 1 fully saturated rings. The molecule has 2 heterocycles. The second-order valence-electron chi connectivity index (χ2n) is 10.1. The van der Waals surface area contributed by atoms with Crippen molar-refractivity contribution >= 4 is 73.7 Å². The first kappa shape index (κ1) is 34.6. The smallest absolute Gasteiger partial charge is 0.347 e. The van der Waals surface area contributed by atoms with Crippen LogP contribution in [0.2, 0.25) is 0 Å².